The summed E-state index contributed by atoms with van der Waals surface area (Å²) in [5.74, 6) is 0.421. The maximum atomic E-state index is 12.7. The van der Waals surface area contributed by atoms with Crippen LogP contribution in [0.25, 0.3) is 0 Å². The number of carbonyl (C=O) groups is 1. The third-order valence-corrected chi connectivity index (χ3v) is 8.54. The van der Waals surface area contributed by atoms with Crippen LogP contribution in [0.1, 0.15) is 40.8 Å². The number of thiophene rings is 1. The molecule has 0 atom stereocenters. The summed E-state index contributed by atoms with van der Waals surface area (Å²) in [5.41, 5.74) is 3.03. The Bertz CT molecular complexity index is 961. The lowest BCUT2D eigenvalue weighted by Crippen LogP contribution is -2.41. The van der Waals surface area contributed by atoms with Crippen LogP contribution in [-0.4, -0.2) is 25.8 Å². The molecule has 4 rings (SSSR count). The van der Waals surface area contributed by atoms with Crippen molar-refractivity contribution in [1.29, 1.82) is 0 Å². The molecular weight excluding hydrogens is 380 g/mol. The van der Waals surface area contributed by atoms with Crippen LogP contribution in [0.15, 0.2) is 34.5 Å². The minimum absolute atomic E-state index is 0.185. The minimum Gasteiger partial charge on any atom is -0.338 e. The Kier molecular flexibility index (Phi) is 5.09. The molecule has 1 N–H and O–H groups in total. The molecule has 2 aromatic rings. The predicted molar refractivity (Wildman–Crippen MR) is 106 cm³/mol. The van der Waals surface area contributed by atoms with Gasteiger partial charge in [0.15, 0.2) is 0 Å². The summed E-state index contributed by atoms with van der Waals surface area (Å²) in [6.07, 6.45) is 3.87. The lowest BCUT2D eigenvalue weighted by atomic mass is 9.84. The van der Waals surface area contributed by atoms with E-state index in [1.165, 1.54) is 11.3 Å². The second-order valence-corrected chi connectivity index (χ2v) is 10.6. The van der Waals surface area contributed by atoms with E-state index in [9.17, 15) is 13.2 Å². The molecule has 1 amide bonds. The third-order valence-electron chi connectivity index (χ3n) is 5.42. The number of nitrogens with one attached hydrogen (secondary N) is 1. The maximum absolute atomic E-state index is 12.7. The maximum Gasteiger partial charge on any atom is 0.250 e. The number of hydrogen-bond acceptors (Lipinski definition) is 4. The Morgan fingerprint density at radius 3 is 2.81 bits per heavy atom. The molecule has 7 heteroatoms. The van der Waals surface area contributed by atoms with Crippen LogP contribution in [0, 0.1) is 12.8 Å². The van der Waals surface area contributed by atoms with Crippen LogP contribution >= 0.6 is 11.3 Å². The number of carbonyl (C=O) groups excluding carboxylic acids is 1. The van der Waals surface area contributed by atoms with E-state index in [1.54, 1.807) is 6.07 Å². The van der Waals surface area contributed by atoms with Gasteiger partial charge in [-0.1, -0.05) is 36.2 Å². The van der Waals surface area contributed by atoms with Crippen LogP contribution in [0.4, 0.5) is 0 Å². The molecule has 1 aliphatic carbocycles. The monoisotopic (exact) mass is 404 g/mol. The number of fused-ring (bicyclic) bond motifs is 1. The fourth-order valence-electron chi connectivity index (χ4n) is 3.61. The van der Waals surface area contributed by atoms with Crippen LogP contribution in [0.3, 0.4) is 0 Å². The van der Waals surface area contributed by atoms with E-state index in [-0.39, 0.29) is 18.4 Å². The summed E-state index contributed by atoms with van der Waals surface area (Å²) in [5, 5.41) is 0. The number of rotatable bonds is 5. The average Bonchev–Trinajstić information content (AvgIpc) is 3.03. The van der Waals surface area contributed by atoms with Crippen molar-refractivity contribution in [2.24, 2.45) is 5.92 Å². The van der Waals surface area contributed by atoms with Gasteiger partial charge in [-0.05, 0) is 43.4 Å². The number of sulfonamides is 1. The molecule has 2 aliphatic rings. The second kappa shape index (κ2) is 7.37. The zero-order valence-corrected chi connectivity index (χ0v) is 17.0. The first-order chi connectivity index (χ1) is 12.9. The van der Waals surface area contributed by atoms with Crippen LogP contribution in [-0.2, 0) is 34.3 Å². The molecule has 0 radical (unpaired) electrons. The Morgan fingerprint density at radius 2 is 2.11 bits per heavy atom. The molecule has 1 aromatic carbocycles. The zero-order chi connectivity index (χ0) is 19.0. The summed E-state index contributed by atoms with van der Waals surface area (Å²) < 4.78 is 28.5. The Balaban J connectivity index is 1.45. The number of hydrogen-bond donors (Lipinski definition) is 1. The van der Waals surface area contributed by atoms with Gasteiger partial charge in [0.1, 0.15) is 4.21 Å². The normalized spacial score (nSPS) is 17.4. The largest absolute Gasteiger partial charge is 0.338 e. The lowest BCUT2D eigenvalue weighted by Gasteiger charge is -2.33. The second-order valence-electron chi connectivity index (χ2n) is 7.47. The van der Waals surface area contributed by atoms with Crippen LogP contribution < -0.4 is 4.72 Å². The quantitative estimate of drug-likeness (QED) is 0.832. The fraction of sp³-hybridized carbons (Fsp3) is 0.450. The van der Waals surface area contributed by atoms with Crippen molar-refractivity contribution >= 4 is 27.3 Å². The SMILES string of the molecule is Cc1cccc(CNS(=O)(=O)c2cc3c(s2)CCN(C(=O)C2CCC2)C3)c1. The van der Waals surface area contributed by atoms with Crippen molar-refractivity contribution in [3.8, 4) is 0 Å². The minimum atomic E-state index is -3.55. The highest BCUT2D eigenvalue weighted by Gasteiger charge is 2.32. The topological polar surface area (TPSA) is 66.5 Å². The van der Waals surface area contributed by atoms with Gasteiger partial charge in [-0.15, -0.1) is 11.3 Å². The van der Waals surface area contributed by atoms with E-state index in [0.29, 0.717) is 17.3 Å². The highest BCUT2D eigenvalue weighted by atomic mass is 32.2. The first kappa shape index (κ1) is 18.7. The summed E-state index contributed by atoms with van der Waals surface area (Å²) in [6.45, 7) is 3.49. The molecule has 1 aliphatic heterocycles. The smallest absolute Gasteiger partial charge is 0.250 e. The molecule has 1 saturated carbocycles. The number of amides is 1. The van der Waals surface area contributed by atoms with Crippen molar-refractivity contribution < 1.29 is 13.2 Å². The summed E-state index contributed by atoms with van der Waals surface area (Å²) in [7, 11) is -3.55. The Hall–Kier alpha value is -1.70. The molecule has 0 unspecified atom stereocenters. The molecule has 0 spiro atoms. The van der Waals surface area contributed by atoms with E-state index in [4.69, 9.17) is 0 Å². The van der Waals surface area contributed by atoms with Crippen LogP contribution in [0.2, 0.25) is 0 Å². The third kappa shape index (κ3) is 3.95. The highest BCUT2D eigenvalue weighted by Crippen LogP contribution is 2.34. The standard InChI is InChI=1S/C20H24N2O3S2/c1-14-4-2-5-15(10-14)12-21-27(24,25)19-11-17-13-22(9-8-18(17)26-19)20(23)16-6-3-7-16/h2,4-5,10-11,16,21H,3,6-9,12-13H2,1H3. The number of aryl methyl sites for hydroxylation is 1. The van der Waals surface area contributed by atoms with E-state index in [2.05, 4.69) is 4.72 Å². The number of nitrogens with zero attached hydrogens (tertiary/aromatic N) is 1. The molecule has 144 valence electrons. The van der Waals surface area contributed by atoms with Crippen molar-refractivity contribution in [2.75, 3.05) is 6.54 Å². The Morgan fingerprint density at radius 1 is 1.30 bits per heavy atom. The first-order valence-corrected chi connectivity index (χ1v) is 11.7. The van der Waals surface area contributed by atoms with Gasteiger partial charge >= 0.3 is 0 Å². The van der Waals surface area contributed by atoms with E-state index in [0.717, 1.165) is 47.3 Å². The molecular formula is C20H24N2O3S2. The molecule has 1 aromatic heterocycles. The fourth-order valence-corrected chi connectivity index (χ4v) is 6.22. The van der Waals surface area contributed by atoms with Gasteiger partial charge in [-0.25, -0.2) is 13.1 Å². The van der Waals surface area contributed by atoms with Crippen molar-refractivity contribution in [3.05, 3.63) is 51.9 Å². The van der Waals surface area contributed by atoms with Gasteiger partial charge in [0.2, 0.25) is 15.9 Å². The van der Waals surface area contributed by atoms with Gasteiger partial charge in [0.05, 0.1) is 0 Å². The van der Waals surface area contributed by atoms with Gasteiger partial charge < -0.3 is 4.90 Å². The van der Waals surface area contributed by atoms with Gasteiger partial charge in [0.25, 0.3) is 0 Å². The summed E-state index contributed by atoms with van der Waals surface area (Å²) in [4.78, 5) is 15.5. The molecule has 2 heterocycles. The van der Waals surface area contributed by atoms with Crippen molar-refractivity contribution in [3.63, 3.8) is 0 Å². The van der Waals surface area contributed by atoms with Gasteiger partial charge in [0, 0.05) is 30.4 Å². The van der Waals surface area contributed by atoms with Crippen molar-refractivity contribution in [1.82, 2.24) is 9.62 Å². The molecule has 0 saturated heterocycles. The Labute approximate surface area is 164 Å². The van der Waals surface area contributed by atoms with Crippen LogP contribution in [0.5, 0.6) is 0 Å². The molecule has 0 bridgehead atoms. The van der Waals surface area contributed by atoms with E-state index in [1.807, 2.05) is 36.1 Å². The van der Waals surface area contributed by atoms with Crippen molar-refractivity contribution in [2.45, 2.75) is 49.9 Å². The highest BCUT2D eigenvalue weighted by molar-refractivity contribution is 7.91. The molecule has 1 fully saturated rings. The predicted octanol–water partition coefficient (Wildman–Crippen LogP) is 3.22. The first-order valence-electron chi connectivity index (χ1n) is 9.38. The average molecular weight is 405 g/mol. The van der Waals surface area contributed by atoms with Gasteiger partial charge in [-0.2, -0.15) is 0 Å². The van der Waals surface area contributed by atoms with E-state index >= 15 is 0 Å². The lowest BCUT2D eigenvalue weighted by molar-refractivity contribution is -0.139. The molecule has 5 nitrogen and oxygen atoms in total. The summed E-state index contributed by atoms with van der Waals surface area (Å²) >= 11 is 1.33. The molecule has 27 heavy (non-hydrogen) atoms. The zero-order valence-electron chi connectivity index (χ0n) is 15.4. The number of benzene rings is 1. The van der Waals surface area contributed by atoms with Gasteiger partial charge in [-0.3, -0.25) is 4.79 Å². The van der Waals surface area contributed by atoms with E-state index < -0.39 is 10.0 Å². The summed E-state index contributed by atoms with van der Waals surface area (Å²) in [6, 6.07) is 9.56.